The van der Waals surface area contributed by atoms with E-state index in [1.54, 1.807) is 60.7 Å². The van der Waals surface area contributed by atoms with Crippen LogP contribution < -0.4 is 5.09 Å². The van der Waals surface area contributed by atoms with Gasteiger partial charge in [0.2, 0.25) is 7.29 Å². The Kier molecular flexibility index (Phi) is 7.32. The van der Waals surface area contributed by atoms with Crippen LogP contribution in [-0.4, -0.2) is 0 Å². The molecule has 1 unspecified atom stereocenters. The minimum Gasteiger partial charge on any atom is -0.330 e. The Balaban J connectivity index is 2.05. The average molecular weight is 482 g/mol. The smallest absolute Gasteiger partial charge is 0.330 e. The molecule has 0 heterocycles. The van der Waals surface area contributed by atoms with Crippen molar-refractivity contribution < 1.29 is 17.7 Å². The number of alkyl halides is 3. The summed E-state index contributed by atoms with van der Waals surface area (Å²) in [6, 6.07) is 22.1. The monoisotopic (exact) mass is 481 g/mol. The largest absolute Gasteiger partial charge is 0.416 e. The van der Waals surface area contributed by atoms with Crippen molar-refractivity contribution in [1.29, 1.82) is 0 Å². The van der Waals surface area contributed by atoms with Crippen LogP contribution in [0.25, 0.3) is 10.1 Å². The fourth-order valence-electron chi connectivity index (χ4n) is 2.75. The first-order chi connectivity index (χ1) is 14.7. The molecule has 2 nitrogen and oxygen atoms in total. The van der Waals surface area contributed by atoms with Crippen LogP contribution >= 0.6 is 30.5 Å². The number of nitrogens with one attached hydrogen (secondary N) is 1. The lowest BCUT2D eigenvalue weighted by molar-refractivity contribution is -0.137. The Morgan fingerprint density at radius 1 is 0.774 bits per heavy atom. The van der Waals surface area contributed by atoms with Crippen LogP contribution in [0.3, 0.4) is 0 Å². The highest BCUT2D eigenvalue weighted by Gasteiger charge is 2.31. The fourth-order valence-corrected chi connectivity index (χ4v) is 5.59. The lowest BCUT2D eigenvalue weighted by atomic mass is 10.2. The van der Waals surface area contributed by atoms with Crippen molar-refractivity contribution in [3.05, 3.63) is 113 Å². The normalized spacial score (nSPS) is 14.7. The number of hydrogen-bond donors (Lipinski definition) is 1. The van der Waals surface area contributed by atoms with E-state index in [9.17, 15) is 17.7 Å². The molecule has 1 atom stereocenters. The number of halogens is 5. The van der Waals surface area contributed by atoms with Crippen LogP contribution in [-0.2, 0) is 10.7 Å². The van der Waals surface area contributed by atoms with Crippen LogP contribution in [0.1, 0.15) is 16.7 Å². The molecule has 0 saturated heterocycles. The third-order valence-electron chi connectivity index (χ3n) is 4.20. The van der Waals surface area contributed by atoms with Crippen LogP contribution in [0.5, 0.6) is 0 Å². The molecule has 0 amide bonds. The van der Waals surface area contributed by atoms with Gasteiger partial charge in [0.1, 0.15) is 0 Å². The van der Waals surface area contributed by atoms with Crippen molar-refractivity contribution in [3.8, 4) is 0 Å². The Labute approximate surface area is 188 Å². The summed E-state index contributed by atoms with van der Waals surface area (Å²) in [7, 11) is -3.66. The third-order valence-corrected chi connectivity index (χ3v) is 7.05. The predicted octanol–water partition coefficient (Wildman–Crippen LogP) is 8.87. The summed E-state index contributed by atoms with van der Waals surface area (Å²) in [4.78, 5) is 0. The molecular weight excluding hydrogens is 465 g/mol. The summed E-state index contributed by atoms with van der Waals surface area (Å²) in [5.74, 6) is 2.57. The van der Waals surface area contributed by atoms with E-state index < -0.39 is 19.0 Å². The van der Waals surface area contributed by atoms with E-state index in [1.807, 2.05) is 0 Å². The summed E-state index contributed by atoms with van der Waals surface area (Å²) < 4.78 is 53.1. The van der Waals surface area contributed by atoms with Gasteiger partial charge in [-0.1, -0.05) is 89.9 Å². The third kappa shape index (κ3) is 6.51. The number of rotatable bonds is 6. The molecule has 3 rings (SSSR count). The topological polar surface area (TPSA) is 29.1 Å². The van der Waals surface area contributed by atoms with Crippen LogP contribution in [0.4, 0.5) is 18.9 Å². The molecule has 0 aromatic heterocycles. The van der Waals surface area contributed by atoms with Gasteiger partial charge < -0.3 is 5.09 Å². The van der Waals surface area contributed by atoms with Gasteiger partial charge in [0.25, 0.3) is 0 Å². The van der Waals surface area contributed by atoms with E-state index in [0.717, 1.165) is 12.1 Å². The highest BCUT2D eigenvalue weighted by atomic mass is 35.5. The maximum Gasteiger partial charge on any atom is 0.416 e. The summed E-state index contributed by atoms with van der Waals surface area (Å²) >= 11 is 12.8. The van der Waals surface area contributed by atoms with Gasteiger partial charge in [-0.15, -0.1) is 0 Å². The summed E-state index contributed by atoms with van der Waals surface area (Å²) in [6.07, 6.45) is -4.53. The van der Waals surface area contributed by atoms with E-state index >= 15 is 0 Å². The van der Waals surface area contributed by atoms with Gasteiger partial charge in [-0.25, -0.2) is 0 Å². The van der Waals surface area contributed by atoms with Gasteiger partial charge in [0.15, 0.2) is 0 Å². The van der Waals surface area contributed by atoms with Gasteiger partial charge in [0, 0.05) is 17.3 Å². The quantitative estimate of drug-likeness (QED) is 0.356. The zero-order valence-corrected chi connectivity index (χ0v) is 18.4. The zero-order valence-electron chi connectivity index (χ0n) is 16.0. The molecule has 0 aliphatic heterocycles. The maximum atomic E-state index is 13.8. The van der Waals surface area contributed by atoms with Crippen molar-refractivity contribution >= 4 is 46.2 Å². The molecule has 31 heavy (non-hydrogen) atoms. The highest BCUT2D eigenvalue weighted by molar-refractivity contribution is 7.72. The van der Waals surface area contributed by atoms with Crippen molar-refractivity contribution in [2.24, 2.45) is 0 Å². The predicted molar refractivity (Wildman–Crippen MR) is 123 cm³/mol. The summed E-state index contributed by atoms with van der Waals surface area (Å²) in [5, 5.41) is 3.06. The standard InChI is InChI=1S/C23H17Cl2F3NOP/c24-21(17-8-3-1-4-9-17)15-31(30,16-22(25)18-10-5-2-6-11-18)29-20-13-7-12-19(14-20)23(26,27)28/h1-16H,(H,29,30)/b21-15-,22-16+. The minimum absolute atomic E-state index is 0.0284. The van der Waals surface area contributed by atoms with Gasteiger partial charge in [-0.05, 0) is 29.3 Å². The molecule has 0 aliphatic rings. The van der Waals surface area contributed by atoms with Crippen LogP contribution in [0.2, 0.25) is 0 Å². The molecule has 0 aliphatic carbocycles. The average Bonchev–Trinajstić information content (AvgIpc) is 2.74. The summed E-state index contributed by atoms with van der Waals surface area (Å²) in [6.45, 7) is 0. The highest BCUT2D eigenvalue weighted by Crippen LogP contribution is 2.53. The van der Waals surface area contributed by atoms with E-state index in [4.69, 9.17) is 23.2 Å². The minimum atomic E-state index is -4.53. The Morgan fingerprint density at radius 2 is 1.26 bits per heavy atom. The molecular formula is C23H17Cl2F3NOP. The lowest BCUT2D eigenvalue weighted by Crippen LogP contribution is -2.05. The van der Waals surface area contributed by atoms with E-state index in [2.05, 4.69) is 5.09 Å². The molecule has 0 radical (unpaired) electrons. The molecule has 0 fully saturated rings. The Morgan fingerprint density at radius 3 is 1.71 bits per heavy atom. The van der Waals surface area contributed by atoms with E-state index in [1.165, 1.54) is 23.8 Å². The van der Waals surface area contributed by atoms with Crippen molar-refractivity contribution in [2.75, 3.05) is 5.09 Å². The van der Waals surface area contributed by atoms with Gasteiger partial charge in [0.05, 0.1) is 15.6 Å². The van der Waals surface area contributed by atoms with Gasteiger partial charge in [-0.3, -0.25) is 4.57 Å². The molecule has 8 heteroatoms. The van der Waals surface area contributed by atoms with E-state index in [0.29, 0.717) is 11.1 Å². The second-order valence-electron chi connectivity index (χ2n) is 6.59. The van der Waals surface area contributed by atoms with Crippen LogP contribution in [0.15, 0.2) is 96.6 Å². The SMILES string of the molecule is O=P(/C=C(\Cl)c1ccccc1)(/C=C(/Cl)c1ccccc1)Nc1cccc(C(F)(F)F)c1. The first-order valence-electron chi connectivity index (χ1n) is 9.09. The molecule has 1 N–H and O–H groups in total. The van der Waals surface area contributed by atoms with Gasteiger partial charge >= 0.3 is 6.18 Å². The number of benzene rings is 3. The Hall–Kier alpha value is -2.46. The molecule has 160 valence electrons. The molecule has 3 aromatic rings. The van der Waals surface area contributed by atoms with Gasteiger partial charge in [-0.2, -0.15) is 13.2 Å². The number of anilines is 1. The number of hydrogen-bond acceptors (Lipinski definition) is 1. The molecule has 0 spiro atoms. The first-order valence-corrected chi connectivity index (χ1v) is 11.7. The van der Waals surface area contributed by atoms with Crippen molar-refractivity contribution in [2.45, 2.75) is 6.18 Å². The van der Waals surface area contributed by atoms with E-state index in [-0.39, 0.29) is 15.8 Å². The maximum absolute atomic E-state index is 13.8. The second-order valence-corrected chi connectivity index (χ2v) is 9.56. The fraction of sp³-hybridized carbons (Fsp3) is 0.0435. The van der Waals surface area contributed by atoms with Crippen molar-refractivity contribution in [3.63, 3.8) is 0 Å². The zero-order chi connectivity index (χ0) is 22.5. The van der Waals surface area contributed by atoms with Crippen molar-refractivity contribution in [1.82, 2.24) is 0 Å². The second kappa shape index (κ2) is 9.78. The molecule has 0 bridgehead atoms. The van der Waals surface area contributed by atoms with Crippen LogP contribution in [0, 0.1) is 0 Å². The summed E-state index contributed by atoms with van der Waals surface area (Å²) in [5.41, 5.74) is 0.389. The molecule has 0 saturated carbocycles. The molecule has 3 aromatic carbocycles. The Bertz CT molecular complexity index is 1090. The lowest BCUT2D eigenvalue weighted by Gasteiger charge is -2.17. The first kappa shape index (κ1) is 23.2.